The molecule has 0 unspecified atom stereocenters. The van der Waals surface area contributed by atoms with Gasteiger partial charge in [-0.1, -0.05) is 35.9 Å². The molecular formula is C19H22O4. The highest BCUT2D eigenvalue weighted by Gasteiger charge is 2.13. The van der Waals surface area contributed by atoms with Gasteiger partial charge < -0.3 is 14.6 Å². The number of carbonyl (C=O) groups is 1. The van der Waals surface area contributed by atoms with Gasteiger partial charge in [-0.3, -0.25) is 4.79 Å². The van der Waals surface area contributed by atoms with Crippen LogP contribution in [0.15, 0.2) is 36.4 Å². The van der Waals surface area contributed by atoms with Crippen LogP contribution in [0, 0.1) is 13.8 Å². The molecule has 0 saturated heterocycles. The summed E-state index contributed by atoms with van der Waals surface area (Å²) in [6, 6.07) is 11.5. The third kappa shape index (κ3) is 4.33. The first kappa shape index (κ1) is 17.0. The first-order valence-corrected chi connectivity index (χ1v) is 7.52. The highest BCUT2D eigenvalue weighted by molar-refractivity contribution is 5.73. The highest BCUT2D eigenvalue weighted by Crippen LogP contribution is 2.23. The van der Waals surface area contributed by atoms with E-state index in [4.69, 9.17) is 9.47 Å². The summed E-state index contributed by atoms with van der Waals surface area (Å²) in [6.07, 6.45) is 0.163. The maximum Gasteiger partial charge on any atom is 0.309 e. The van der Waals surface area contributed by atoms with Crippen LogP contribution in [0.2, 0.25) is 0 Å². The van der Waals surface area contributed by atoms with Crippen LogP contribution < -0.4 is 4.74 Å². The van der Waals surface area contributed by atoms with Crippen LogP contribution in [0.4, 0.5) is 0 Å². The molecular weight excluding hydrogens is 292 g/mol. The Balaban J connectivity index is 2.24. The van der Waals surface area contributed by atoms with E-state index in [9.17, 15) is 9.90 Å². The Kier molecular flexibility index (Phi) is 5.77. The lowest BCUT2D eigenvalue weighted by molar-refractivity contribution is -0.139. The second-order valence-electron chi connectivity index (χ2n) is 5.52. The van der Waals surface area contributed by atoms with Gasteiger partial charge in [0.1, 0.15) is 12.4 Å². The van der Waals surface area contributed by atoms with Gasteiger partial charge in [-0.15, -0.1) is 0 Å². The highest BCUT2D eigenvalue weighted by atomic mass is 16.5. The van der Waals surface area contributed by atoms with Crippen molar-refractivity contribution in [2.45, 2.75) is 33.5 Å². The Morgan fingerprint density at radius 1 is 1.13 bits per heavy atom. The van der Waals surface area contributed by atoms with Gasteiger partial charge >= 0.3 is 5.97 Å². The molecule has 0 bridgehead atoms. The van der Waals surface area contributed by atoms with Gasteiger partial charge in [0, 0.05) is 0 Å². The zero-order valence-electron chi connectivity index (χ0n) is 13.8. The molecule has 23 heavy (non-hydrogen) atoms. The molecule has 0 atom stereocenters. The van der Waals surface area contributed by atoms with Crippen LogP contribution in [0.5, 0.6) is 5.75 Å². The number of esters is 1. The Bertz CT molecular complexity index is 692. The van der Waals surface area contributed by atoms with E-state index in [2.05, 4.69) is 6.07 Å². The topological polar surface area (TPSA) is 55.8 Å². The Morgan fingerprint density at radius 2 is 1.87 bits per heavy atom. The van der Waals surface area contributed by atoms with Crippen molar-refractivity contribution in [3.05, 3.63) is 64.2 Å². The first-order chi connectivity index (χ1) is 11.0. The quantitative estimate of drug-likeness (QED) is 0.833. The number of aliphatic hydroxyl groups is 1. The van der Waals surface area contributed by atoms with Crippen molar-refractivity contribution in [1.29, 1.82) is 0 Å². The predicted octanol–water partition coefficient (Wildman–Crippen LogP) is 3.09. The summed E-state index contributed by atoms with van der Waals surface area (Å²) in [5.74, 6) is 0.486. The smallest absolute Gasteiger partial charge is 0.309 e. The number of hydrogen-bond donors (Lipinski definition) is 1. The molecule has 4 heteroatoms. The molecule has 0 aliphatic carbocycles. The minimum atomic E-state index is -0.312. The molecule has 2 rings (SSSR count). The zero-order chi connectivity index (χ0) is 16.8. The van der Waals surface area contributed by atoms with Crippen molar-refractivity contribution >= 4 is 5.97 Å². The van der Waals surface area contributed by atoms with Crippen LogP contribution in [0.3, 0.4) is 0 Å². The van der Waals surface area contributed by atoms with Gasteiger partial charge in [-0.05, 0) is 42.2 Å². The van der Waals surface area contributed by atoms with Crippen LogP contribution in [-0.4, -0.2) is 18.2 Å². The monoisotopic (exact) mass is 314 g/mol. The minimum absolute atomic E-state index is 0.0966. The summed E-state index contributed by atoms with van der Waals surface area (Å²) in [7, 11) is 1.37. The maximum absolute atomic E-state index is 11.6. The molecule has 2 aromatic carbocycles. The molecule has 0 saturated carbocycles. The largest absolute Gasteiger partial charge is 0.489 e. The van der Waals surface area contributed by atoms with E-state index in [1.54, 1.807) is 0 Å². The molecule has 0 fully saturated rings. The van der Waals surface area contributed by atoms with Gasteiger partial charge in [0.15, 0.2) is 0 Å². The van der Waals surface area contributed by atoms with E-state index in [1.807, 2.05) is 44.2 Å². The van der Waals surface area contributed by atoms with E-state index >= 15 is 0 Å². The Labute approximate surface area is 136 Å². The maximum atomic E-state index is 11.6. The number of benzene rings is 2. The van der Waals surface area contributed by atoms with Gasteiger partial charge in [0.2, 0.25) is 0 Å². The molecule has 4 nitrogen and oxygen atoms in total. The third-order valence-corrected chi connectivity index (χ3v) is 3.81. The van der Waals surface area contributed by atoms with Gasteiger partial charge in [-0.2, -0.15) is 0 Å². The SMILES string of the molecule is COC(=O)Cc1cccc(CO)c1COc1ccc(C)cc1C. The van der Waals surface area contributed by atoms with Gasteiger partial charge in [-0.25, -0.2) is 0 Å². The number of aryl methyl sites for hydroxylation is 2. The van der Waals surface area contributed by atoms with E-state index < -0.39 is 0 Å². The van der Waals surface area contributed by atoms with E-state index in [1.165, 1.54) is 12.7 Å². The summed E-state index contributed by atoms with van der Waals surface area (Å²) in [4.78, 5) is 11.6. The second-order valence-corrected chi connectivity index (χ2v) is 5.52. The lowest BCUT2D eigenvalue weighted by atomic mass is 9.99. The second kappa shape index (κ2) is 7.79. The molecule has 1 N–H and O–H groups in total. The van der Waals surface area contributed by atoms with E-state index in [0.717, 1.165) is 28.0 Å². The van der Waals surface area contributed by atoms with Crippen molar-refractivity contribution in [1.82, 2.24) is 0 Å². The minimum Gasteiger partial charge on any atom is -0.489 e. The summed E-state index contributed by atoms with van der Waals surface area (Å²) in [6.45, 7) is 4.23. The van der Waals surface area contributed by atoms with Gasteiger partial charge in [0.05, 0.1) is 20.1 Å². The van der Waals surface area contributed by atoms with Crippen LogP contribution in [-0.2, 0) is 29.2 Å². The van der Waals surface area contributed by atoms with Crippen molar-refractivity contribution in [2.75, 3.05) is 7.11 Å². The molecule has 0 aromatic heterocycles. The van der Waals surface area contributed by atoms with E-state index in [0.29, 0.717) is 6.61 Å². The summed E-state index contributed by atoms with van der Waals surface area (Å²) in [5, 5.41) is 9.55. The van der Waals surface area contributed by atoms with Crippen molar-refractivity contribution in [3.63, 3.8) is 0 Å². The molecule has 2 aromatic rings. The Hall–Kier alpha value is -2.33. The Morgan fingerprint density at radius 3 is 2.52 bits per heavy atom. The number of aliphatic hydroxyl groups excluding tert-OH is 1. The van der Waals surface area contributed by atoms with Gasteiger partial charge in [0.25, 0.3) is 0 Å². The number of ether oxygens (including phenoxy) is 2. The number of hydrogen-bond acceptors (Lipinski definition) is 4. The molecule has 122 valence electrons. The average Bonchev–Trinajstić information content (AvgIpc) is 2.54. The number of rotatable bonds is 6. The summed E-state index contributed by atoms with van der Waals surface area (Å²) in [5.41, 5.74) is 4.64. The molecule has 0 amide bonds. The molecule has 0 aliphatic heterocycles. The van der Waals surface area contributed by atoms with Crippen LogP contribution in [0.25, 0.3) is 0 Å². The fourth-order valence-corrected chi connectivity index (χ4v) is 2.53. The first-order valence-electron chi connectivity index (χ1n) is 7.52. The van der Waals surface area contributed by atoms with Crippen LogP contribution in [0.1, 0.15) is 27.8 Å². The fourth-order valence-electron chi connectivity index (χ4n) is 2.53. The standard InChI is InChI=1S/C19H22O4/c1-13-7-8-18(14(2)9-13)23-12-17-15(10-19(21)22-3)5-4-6-16(17)11-20/h4-9,20H,10-12H2,1-3H3. The summed E-state index contributed by atoms with van der Waals surface area (Å²) < 4.78 is 10.6. The molecule has 0 heterocycles. The zero-order valence-corrected chi connectivity index (χ0v) is 13.8. The number of methoxy groups -OCH3 is 1. The third-order valence-electron chi connectivity index (χ3n) is 3.81. The van der Waals surface area contributed by atoms with Crippen molar-refractivity contribution in [3.8, 4) is 5.75 Å². The number of carbonyl (C=O) groups excluding carboxylic acids is 1. The predicted molar refractivity (Wildman–Crippen MR) is 88.3 cm³/mol. The lowest BCUT2D eigenvalue weighted by Crippen LogP contribution is -2.11. The molecule has 0 spiro atoms. The van der Waals surface area contributed by atoms with Crippen molar-refractivity contribution < 1.29 is 19.4 Å². The lowest BCUT2D eigenvalue weighted by Gasteiger charge is -2.15. The average molecular weight is 314 g/mol. The molecule has 0 aliphatic rings. The fraction of sp³-hybridized carbons (Fsp3) is 0.316. The normalized spacial score (nSPS) is 10.4. The van der Waals surface area contributed by atoms with Crippen molar-refractivity contribution in [2.24, 2.45) is 0 Å². The van der Waals surface area contributed by atoms with E-state index in [-0.39, 0.29) is 19.0 Å². The summed E-state index contributed by atoms with van der Waals surface area (Å²) >= 11 is 0. The molecule has 0 radical (unpaired) electrons. The van der Waals surface area contributed by atoms with Crippen LogP contribution >= 0.6 is 0 Å².